The topological polar surface area (TPSA) is 103 Å². The lowest BCUT2D eigenvalue weighted by Gasteiger charge is -2.35. The van der Waals surface area contributed by atoms with Crippen LogP contribution >= 0.6 is 0 Å². The fourth-order valence-electron chi connectivity index (χ4n) is 3.16. The van der Waals surface area contributed by atoms with Crippen LogP contribution in [0.2, 0.25) is 0 Å². The number of aliphatic hydroxyl groups excluding tert-OH is 1. The molecule has 0 radical (unpaired) electrons. The smallest absolute Gasteiger partial charge is 0.312 e. The molecule has 144 valence electrons. The van der Waals surface area contributed by atoms with E-state index in [-0.39, 0.29) is 12.5 Å². The van der Waals surface area contributed by atoms with Crippen molar-refractivity contribution in [2.75, 3.05) is 39.3 Å². The van der Waals surface area contributed by atoms with Gasteiger partial charge in [0.05, 0.1) is 5.52 Å². The van der Waals surface area contributed by atoms with Gasteiger partial charge in [0, 0.05) is 44.3 Å². The normalized spacial score (nSPS) is 16.3. The van der Waals surface area contributed by atoms with Crippen LogP contribution in [0.3, 0.4) is 0 Å². The SMILES string of the molecule is O=C(O)CC(=O)N1CCN(CC(O)COc2cccc3ncccc23)CC1. The summed E-state index contributed by atoms with van der Waals surface area (Å²) in [5.74, 6) is -0.794. The van der Waals surface area contributed by atoms with Gasteiger partial charge in [0.15, 0.2) is 0 Å². The highest BCUT2D eigenvalue weighted by Gasteiger charge is 2.23. The number of amides is 1. The number of carboxylic acids is 1. The molecule has 3 rings (SSSR count). The highest BCUT2D eigenvalue weighted by Crippen LogP contribution is 2.23. The summed E-state index contributed by atoms with van der Waals surface area (Å²) in [6.07, 6.45) is 0.580. The Bertz CT molecular complexity index is 800. The van der Waals surface area contributed by atoms with E-state index < -0.39 is 18.5 Å². The number of carboxylic acid groups (broad SMARTS) is 1. The molecule has 1 aromatic heterocycles. The average Bonchev–Trinajstić information content (AvgIpc) is 2.66. The van der Waals surface area contributed by atoms with Crippen molar-refractivity contribution >= 4 is 22.8 Å². The van der Waals surface area contributed by atoms with Gasteiger partial charge in [-0.3, -0.25) is 19.5 Å². The van der Waals surface area contributed by atoms with Gasteiger partial charge in [-0.25, -0.2) is 0 Å². The van der Waals surface area contributed by atoms with Crippen molar-refractivity contribution in [1.82, 2.24) is 14.8 Å². The fraction of sp³-hybridized carbons (Fsp3) is 0.421. The van der Waals surface area contributed by atoms with E-state index in [4.69, 9.17) is 9.84 Å². The maximum absolute atomic E-state index is 11.8. The number of benzene rings is 1. The quantitative estimate of drug-likeness (QED) is 0.685. The van der Waals surface area contributed by atoms with Crippen molar-refractivity contribution in [3.63, 3.8) is 0 Å². The standard InChI is InChI=1S/C19H23N3O5/c23-14(12-21-7-9-22(10-8-21)18(24)11-19(25)26)13-27-17-5-1-4-16-15(17)3-2-6-20-16/h1-6,14,23H,7-13H2,(H,25,26). The molecular formula is C19H23N3O5. The number of carbonyl (C=O) groups is 2. The average molecular weight is 373 g/mol. The molecule has 8 heteroatoms. The minimum Gasteiger partial charge on any atom is -0.490 e. The van der Waals surface area contributed by atoms with E-state index in [1.807, 2.05) is 35.2 Å². The molecule has 8 nitrogen and oxygen atoms in total. The van der Waals surface area contributed by atoms with Crippen LogP contribution in [0.15, 0.2) is 36.5 Å². The summed E-state index contributed by atoms with van der Waals surface area (Å²) in [7, 11) is 0. The number of piperazine rings is 1. The molecule has 1 amide bonds. The van der Waals surface area contributed by atoms with E-state index in [0.717, 1.165) is 10.9 Å². The predicted octanol–water partition coefficient (Wildman–Crippen LogP) is 0.593. The summed E-state index contributed by atoms with van der Waals surface area (Å²) in [5.41, 5.74) is 0.839. The maximum atomic E-state index is 11.8. The molecule has 1 unspecified atom stereocenters. The second kappa shape index (κ2) is 8.79. The number of rotatable bonds is 7. The highest BCUT2D eigenvalue weighted by atomic mass is 16.5. The highest BCUT2D eigenvalue weighted by molar-refractivity contribution is 5.93. The summed E-state index contributed by atoms with van der Waals surface area (Å²) in [5, 5.41) is 19.9. The van der Waals surface area contributed by atoms with Gasteiger partial charge in [-0.2, -0.15) is 0 Å². The zero-order chi connectivity index (χ0) is 19.2. The van der Waals surface area contributed by atoms with Crippen LogP contribution in [-0.4, -0.2) is 82.3 Å². The Hall–Kier alpha value is -2.71. The number of aromatic nitrogens is 1. The number of fused-ring (bicyclic) bond motifs is 1. The summed E-state index contributed by atoms with van der Waals surface area (Å²) in [6, 6.07) is 9.39. The van der Waals surface area contributed by atoms with Crippen LogP contribution < -0.4 is 4.74 Å². The Kier molecular flexibility index (Phi) is 6.20. The molecule has 1 saturated heterocycles. The first-order valence-electron chi connectivity index (χ1n) is 8.89. The predicted molar refractivity (Wildman–Crippen MR) is 98.5 cm³/mol. The summed E-state index contributed by atoms with van der Waals surface area (Å²) < 4.78 is 5.78. The fourth-order valence-corrected chi connectivity index (χ4v) is 3.16. The molecule has 0 saturated carbocycles. The molecule has 1 aromatic carbocycles. The van der Waals surface area contributed by atoms with E-state index in [1.165, 1.54) is 0 Å². The Balaban J connectivity index is 1.45. The number of pyridine rings is 1. The Morgan fingerprint density at radius 3 is 2.67 bits per heavy atom. The molecule has 2 N–H and O–H groups in total. The first kappa shape index (κ1) is 19.1. The van der Waals surface area contributed by atoms with Crippen LogP contribution in [0.4, 0.5) is 0 Å². The van der Waals surface area contributed by atoms with Crippen molar-refractivity contribution in [2.24, 2.45) is 0 Å². The number of hydrogen-bond acceptors (Lipinski definition) is 6. The Labute approximate surface area is 157 Å². The Morgan fingerprint density at radius 2 is 1.93 bits per heavy atom. The molecule has 1 fully saturated rings. The number of aliphatic carboxylic acids is 1. The van der Waals surface area contributed by atoms with E-state index in [1.54, 1.807) is 11.1 Å². The first-order valence-corrected chi connectivity index (χ1v) is 8.89. The molecule has 1 atom stereocenters. The molecular weight excluding hydrogens is 350 g/mol. The van der Waals surface area contributed by atoms with Gasteiger partial charge in [0.1, 0.15) is 24.9 Å². The summed E-state index contributed by atoms with van der Waals surface area (Å²) in [4.78, 5) is 30.3. The van der Waals surface area contributed by atoms with E-state index >= 15 is 0 Å². The van der Waals surface area contributed by atoms with Gasteiger partial charge >= 0.3 is 5.97 Å². The second-order valence-corrected chi connectivity index (χ2v) is 6.54. The van der Waals surface area contributed by atoms with Gasteiger partial charge in [-0.1, -0.05) is 6.07 Å². The minimum absolute atomic E-state index is 0.159. The van der Waals surface area contributed by atoms with E-state index in [0.29, 0.717) is 38.5 Å². The van der Waals surface area contributed by atoms with Crippen molar-refractivity contribution < 1.29 is 24.5 Å². The van der Waals surface area contributed by atoms with Crippen LogP contribution in [0.5, 0.6) is 5.75 Å². The first-order chi connectivity index (χ1) is 13.0. The summed E-state index contributed by atoms with van der Waals surface area (Å²) in [6.45, 7) is 2.72. The molecule has 0 bridgehead atoms. The van der Waals surface area contributed by atoms with Gasteiger partial charge in [0.2, 0.25) is 5.91 Å². The third kappa shape index (κ3) is 5.15. The number of β-amino-alcohol motifs (C(OH)–C–C–N with tert-alkyl or cyclic N) is 1. The molecule has 2 heterocycles. The number of ether oxygens (including phenoxy) is 1. The molecule has 27 heavy (non-hydrogen) atoms. The van der Waals surface area contributed by atoms with Gasteiger partial charge in [0.25, 0.3) is 0 Å². The zero-order valence-corrected chi connectivity index (χ0v) is 15.0. The zero-order valence-electron chi connectivity index (χ0n) is 15.0. The molecule has 0 spiro atoms. The monoisotopic (exact) mass is 373 g/mol. The van der Waals surface area contributed by atoms with Crippen LogP contribution in [0.25, 0.3) is 10.9 Å². The number of nitrogens with zero attached hydrogens (tertiary/aromatic N) is 3. The largest absolute Gasteiger partial charge is 0.490 e. The van der Waals surface area contributed by atoms with E-state index in [2.05, 4.69) is 4.98 Å². The lowest BCUT2D eigenvalue weighted by molar-refractivity contribution is -0.145. The molecule has 1 aliphatic rings. The number of carbonyl (C=O) groups excluding carboxylic acids is 1. The second-order valence-electron chi connectivity index (χ2n) is 6.54. The van der Waals surface area contributed by atoms with Crippen molar-refractivity contribution in [3.8, 4) is 5.75 Å². The van der Waals surface area contributed by atoms with Gasteiger partial charge in [-0.15, -0.1) is 0 Å². The van der Waals surface area contributed by atoms with E-state index in [9.17, 15) is 14.7 Å². The third-order valence-electron chi connectivity index (χ3n) is 4.53. The van der Waals surface area contributed by atoms with Crippen LogP contribution in [0, 0.1) is 0 Å². The van der Waals surface area contributed by atoms with Gasteiger partial charge in [-0.05, 0) is 24.3 Å². The van der Waals surface area contributed by atoms with Gasteiger partial charge < -0.3 is 19.8 Å². The number of aliphatic hydroxyl groups is 1. The molecule has 1 aliphatic heterocycles. The molecule has 0 aliphatic carbocycles. The van der Waals surface area contributed by atoms with Crippen molar-refractivity contribution in [1.29, 1.82) is 0 Å². The van der Waals surface area contributed by atoms with Crippen molar-refractivity contribution in [2.45, 2.75) is 12.5 Å². The number of hydrogen-bond donors (Lipinski definition) is 2. The lowest BCUT2D eigenvalue weighted by atomic mass is 10.2. The summed E-state index contributed by atoms with van der Waals surface area (Å²) >= 11 is 0. The maximum Gasteiger partial charge on any atom is 0.312 e. The van der Waals surface area contributed by atoms with Crippen LogP contribution in [0.1, 0.15) is 6.42 Å². The third-order valence-corrected chi connectivity index (χ3v) is 4.53. The lowest BCUT2D eigenvalue weighted by Crippen LogP contribution is -2.51. The van der Waals surface area contributed by atoms with Crippen LogP contribution in [-0.2, 0) is 9.59 Å². The minimum atomic E-state index is -1.11. The van der Waals surface area contributed by atoms with Crippen molar-refractivity contribution in [3.05, 3.63) is 36.5 Å². The Morgan fingerprint density at radius 1 is 1.15 bits per heavy atom. The molecule has 2 aromatic rings.